The molecule has 1 aliphatic carbocycles. The molecule has 94 valence electrons. The van der Waals surface area contributed by atoms with Gasteiger partial charge in [-0.1, -0.05) is 19.1 Å². The molecule has 18 heavy (non-hydrogen) atoms. The SMILES string of the molecule is CCNC1CCC(c2ccc3ncccc3c2)C1. The van der Waals surface area contributed by atoms with Crippen LogP contribution in [0.4, 0.5) is 0 Å². The Balaban J connectivity index is 1.82. The van der Waals surface area contributed by atoms with Crippen molar-refractivity contribution in [2.75, 3.05) is 6.54 Å². The molecular weight excluding hydrogens is 220 g/mol. The molecule has 2 heteroatoms. The monoisotopic (exact) mass is 240 g/mol. The van der Waals surface area contributed by atoms with E-state index in [9.17, 15) is 0 Å². The molecule has 2 aromatic rings. The van der Waals surface area contributed by atoms with Gasteiger partial charge in [0.15, 0.2) is 0 Å². The van der Waals surface area contributed by atoms with E-state index in [-0.39, 0.29) is 0 Å². The van der Waals surface area contributed by atoms with Crippen molar-refractivity contribution in [2.45, 2.75) is 38.1 Å². The molecule has 0 spiro atoms. The molecule has 1 saturated carbocycles. The van der Waals surface area contributed by atoms with Crippen LogP contribution in [0, 0.1) is 0 Å². The fourth-order valence-electron chi connectivity index (χ4n) is 3.11. The van der Waals surface area contributed by atoms with E-state index >= 15 is 0 Å². The maximum atomic E-state index is 4.38. The molecule has 3 rings (SSSR count). The summed E-state index contributed by atoms with van der Waals surface area (Å²) < 4.78 is 0. The number of fused-ring (bicyclic) bond motifs is 1. The molecule has 0 aliphatic heterocycles. The molecule has 2 unspecified atom stereocenters. The Morgan fingerprint density at radius 1 is 1.28 bits per heavy atom. The van der Waals surface area contributed by atoms with Crippen molar-refractivity contribution in [1.82, 2.24) is 10.3 Å². The normalized spacial score (nSPS) is 23.6. The number of rotatable bonds is 3. The lowest BCUT2D eigenvalue weighted by Crippen LogP contribution is -2.25. The second-order valence-electron chi connectivity index (χ2n) is 5.22. The molecule has 1 aliphatic rings. The van der Waals surface area contributed by atoms with Crippen molar-refractivity contribution in [3.8, 4) is 0 Å². The van der Waals surface area contributed by atoms with Gasteiger partial charge in [-0.05, 0) is 55.5 Å². The molecule has 1 heterocycles. The highest BCUT2D eigenvalue weighted by atomic mass is 14.9. The summed E-state index contributed by atoms with van der Waals surface area (Å²) in [4.78, 5) is 4.38. The van der Waals surface area contributed by atoms with Crippen LogP contribution in [0.2, 0.25) is 0 Å². The number of pyridine rings is 1. The van der Waals surface area contributed by atoms with Gasteiger partial charge in [-0.15, -0.1) is 0 Å². The average Bonchev–Trinajstić information content (AvgIpc) is 2.87. The van der Waals surface area contributed by atoms with Gasteiger partial charge >= 0.3 is 0 Å². The minimum Gasteiger partial charge on any atom is -0.314 e. The van der Waals surface area contributed by atoms with E-state index < -0.39 is 0 Å². The predicted octanol–water partition coefficient (Wildman–Crippen LogP) is 3.48. The molecule has 1 aromatic carbocycles. The van der Waals surface area contributed by atoms with Gasteiger partial charge in [-0.2, -0.15) is 0 Å². The van der Waals surface area contributed by atoms with E-state index in [1.54, 1.807) is 0 Å². The van der Waals surface area contributed by atoms with Gasteiger partial charge in [0.05, 0.1) is 5.52 Å². The summed E-state index contributed by atoms with van der Waals surface area (Å²) in [5.74, 6) is 0.721. The van der Waals surface area contributed by atoms with E-state index in [4.69, 9.17) is 0 Å². The van der Waals surface area contributed by atoms with Crippen LogP contribution in [0.1, 0.15) is 37.7 Å². The van der Waals surface area contributed by atoms with Crippen molar-refractivity contribution < 1.29 is 0 Å². The Morgan fingerprint density at radius 2 is 2.22 bits per heavy atom. The summed E-state index contributed by atoms with van der Waals surface area (Å²) >= 11 is 0. The van der Waals surface area contributed by atoms with Crippen LogP contribution < -0.4 is 5.32 Å². The molecule has 0 saturated heterocycles. The Labute approximate surface area is 108 Å². The molecule has 2 atom stereocenters. The minimum atomic E-state index is 0.713. The highest BCUT2D eigenvalue weighted by molar-refractivity contribution is 5.79. The number of nitrogens with one attached hydrogen (secondary N) is 1. The Morgan fingerprint density at radius 3 is 3.11 bits per heavy atom. The number of hydrogen-bond donors (Lipinski definition) is 1. The second kappa shape index (κ2) is 5.07. The van der Waals surface area contributed by atoms with Gasteiger partial charge in [0.25, 0.3) is 0 Å². The molecule has 2 nitrogen and oxygen atoms in total. The zero-order valence-electron chi connectivity index (χ0n) is 10.9. The molecule has 0 bridgehead atoms. The summed E-state index contributed by atoms with van der Waals surface area (Å²) in [6, 6.07) is 11.6. The van der Waals surface area contributed by atoms with Crippen LogP contribution in [0.25, 0.3) is 10.9 Å². The molecule has 1 aromatic heterocycles. The highest BCUT2D eigenvalue weighted by Gasteiger charge is 2.25. The standard InChI is InChI=1S/C16H20N2/c1-2-17-15-7-5-13(11-15)12-6-8-16-14(10-12)4-3-9-18-16/h3-4,6,8-10,13,15,17H,2,5,7,11H2,1H3. The lowest BCUT2D eigenvalue weighted by atomic mass is 9.96. The first-order chi connectivity index (χ1) is 8.86. The Bertz CT molecular complexity index is 535. The summed E-state index contributed by atoms with van der Waals surface area (Å²) in [5.41, 5.74) is 2.58. The van der Waals surface area contributed by atoms with Gasteiger partial charge in [-0.25, -0.2) is 0 Å². The van der Waals surface area contributed by atoms with Gasteiger partial charge in [0.2, 0.25) is 0 Å². The highest BCUT2D eigenvalue weighted by Crippen LogP contribution is 2.35. The fourth-order valence-corrected chi connectivity index (χ4v) is 3.11. The summed E-state index contributed by atoms with van der Waals surface area (Å²) in [7, 11) is 0. The number of nitrogens with zero attached hydrogens (tertiary/aromatic N) is 1. The summed E-state index contributed by atoms with van der Waals surface area (Å²) in [6.45, 7) is 3.27. The van der Waals surface area contributed by atoms with Crippen LogP contribution in [0.15, 0.2) is 36.5 Å². The van der Waals surface area contributed by atoms with Crippen molar-refractivity contribution in [2.24, 2.45) is 0 Å². The number of benzene rings is 1. The van der Waals surface area contributed by atoms with Crippen molar-refractivity contribution >= 4 is 10.9 Å². The summed E-state index contributed by atoms with van der Waals surface area (Å²) in [6.07, 6.45) is 5.76. The largest absolute Gasteiger partial charge is 0.314 e. The summed E-state index contributed by atoms with van der Waals surface area (Å²) in [5, 5.41) is 4.83. The minimum absolute atomic E-state index is 0.713. The number of hydrogen-bond acceptors (Lipinski definition) is 2. The third kappa shape index (κ3) is 2.25. The first-order valence-corrected chi connectivity index (χ1v) is 6.95. The first kappa shape index (κ1) is 11.7. The zero-order chi connectivity index (χ0) is 12.4. The predicted molar refractivity (Wildman–Crippen MR) is 75.8 cm³/mol. The van der Waals surface area contributed by atoms with Crippen molar-refractivity contribution in [1.29, 1.82) is 0 Å². The van der Waals surface area contributed by atoms with E-state index in [2.05, 4.69) is 41.5 Å². The van der Waals surface area contributed by atoms with Crippen LogP contribution in [0.3, 0.4) is 0 Å². The van der Waals surface area contributed by atoms with Gasteiger partial charge in [0.1, 0.15) is 0 Å². The molecule has 0 amide bonds. The van der Waals surface area contributed by atoms with Crippen molar-refractivity contribution in [3.63, 3.8) is 0 Å². The number of aromatic nitrogens is 1. The lowest BCUT2D eigenvalue weighted by Gasteiger charge is -2.13. The lowest BCUT2D eigenvalue weighted by molar-refractivity contribution is 0.535. The second-order valence-corrected chi connectivity index (χ2v) is 5.22. The van der Waals surface area contributed by atoms with Crippen LogP contribution in [-0.2, 0) is 0 Å². The first-order valence-electron chi connectivity index (χ1n) is 6.95. The maximum absolute atomic E-state index is 4.38. The molecule has 0 radical (unpaired) electrons. The Hall–Kier alpha value is -1.41. The van der Waals surface area contributed by atoms with Crippen LogP contribution in [0.5, 0.6) is 0 Å². The molecular formula is C16H20N2. The van der Waals surface area contributed by atoms with E-state index in [1.165, 1.54) is 30.2 Å². The van der Waals surface area contributed by atoms with Gasteiger partial charge in [-0.3, -0.25) is 4.98 Å². The third-order valence-electron chi connectivity index (χ3n) is 4.02. The fraction of sp³-hybridized carbons (Fsp3) is 0.438. The van der Waals surface area contributed by atoms with Gasteiger partial charge in [0, 0.05) is 17.6 Å². The van der Waals surface area contributed by atoms with Crippen LogP contribution in [-0.4, -0.2) is 17.6 Å². The average molecular weight is 240 g/mol. The van der Waals surface area contributed by atoms with E-state index in [1.807, 2.05) is 12.3 Å². The molecule has 1 N–H and O–H groups in total. The maximum Gasteiger partial charge on any atom is 0.0702 e. The van der Waals surface area contributed by atoms with E-state index in [0.717, 1.165) is 18.0 Å². The third-order valence-corrected chi connectivity index (χ3v) is 4.02. The van der Waals surface area contributed by atoms with Gasteiger partial charge < -0.3 is 5.32 Å². The molecule has 1 fully saturated rings. The topological polar surface area (TPSA) is 24.9 Å². The quantitative estimate of drug-likeness (QED) is 0.888. The van der Waals surface area contributed by atoms with E-state index in [0.29, 0.717) is 6.04 Å². The van der Waals surface area contributed by atoms with Crippen molar-refractivity contribution in [3.05, 3.63) is 42.1 Å². The van der Waals surface area contributed by atoms with Crippen LogP contribution >= 0.6 is 0 Å². The Kier molecular flexibility index (Phi) is 3.28. The smallest absolute Gasteiger partial charge is 0.0702 e. The zero-order valence-corrected chi connectivity index (χ0v) is 10.9.